The standard InChI is InChI=1S/C26H29N5O2.HI/c1-4-27-26(29-15-23-17-33-25(31-23)21-11-7-19(3)8-12-21)28-14-13-22-16-32-24(30-22)20-9-5-18(2)6-10-20;/h5-12,16-17H,4,13-15H2,1-3H3,(H2,27,28,29);1H. The maximum Gasteiger partial charge on any atom is 0.226 e. The monoisotopic (exact) mass is 571 g/mol. The van der Waals surface area contributed by atoms with Crippen molar-refractivity contribution in [2.45, 2.75) is 33.7 Å². The molecule has 0 fully saturated rings. The molecule has 2 N–H and O–H groups in total. The van der Waals surface area contributed by atoms with Crippen LogP contribution in [-0.4, -0.2) is 29.0 Å². The predicted octanol–water partition coefficient (Wildman–Crippen LogP) is 5.53. The number of rotatable bonds is 8. The number of aryl methyl sites for hydroxylation is 2. The Hall–Kier alpha value is -3.14. The van der Waals surface area contributed by atoms with E-state index in [4.69, 9.17) is 8.83 Å². The number of hydrogen-bond acceptors (Lipinski definition) is 5. The fraction of sp³-hybridized carbons (Fsp3) is 0.269. The van der Waals surface area contributed by atoms with Crippen molar-refractivity contribution >= 4 is 29.9 Å². The molecular weight excluding hydrogens is 541 g/mol. The molecule has 0 amide bonds. The third-order valence-electron chi connectivity index (χ3n) is 5.12. The van der Waals surface area contributed by atoms with Crippen LogP contribution in [0.2, 0.25) is 0 Å². The summed E-state index contributed by atoms with van der Waals surface area (Å²) in [7, 11) is 0. The average Bonchev–Trinajstić information content (AvgIpc) is 3.49. The van der Waals surface area contributed by atoms with Crippen LogP contribution in [0.5, 0.6) is 0 Å². The van der Waals surface area contributed by atoms with Crippen molar-refractivity contribution in [3.05, 3.63) is 83.6 Å². The van der Waals surface area contributed by atoms with Crippen molar-refractivity contribution in [2.24, 2.45) is 4.99 Å². The fourth-order valence-corrected chi connectivity index (χ4v) is 3.27. The second-order valence-corrected chi connectivity index (χ2v) is 7.89. The van der Waals surface area contributed by atoms with E-state index in [2.05, 4.69) is 51.6 Å². The zero-order chi connectivity index (χ0) is 23.0. The zero-order valence-corrected chi connectivity index (χ0v) is 22.0. The van der Waals surface area contributed by atoms with Crippen LogP contribution in [-0.2, 0) is 13.0 Å². The quantitative estimate of drug-likeness (QED) is 0.164. The zero-order valence-electron chi connectivity index (χ0n) is 19.7. The maximum atomic E-state index is 5.64. The molecular formula is C26H30IN5O2. The molecule has 178 valence electrons. The summed E-state index contributed by atoms with van der Waals surface area (Å²) < 4.78 is 11.3. The van der Waals surface area contributed by atoms with E-state index in [1.165, 1.54) is 11.1 Å². The van der Waals surface area contributed by atoms with Gasteiger partial charge in [-0.2, -0.15) is 0 Å². The highest BCUT2D eigenvalue weighted by Gasteiger charge is 2.08. The molecule has 7 nitrogen and oxygen atoms in total. The van der Waals surface area contributed by atoms with E-state index in [0.29, 0.717) is 24.9 Å². The van der Waals surface area contributed by atoms with E-state index in [-0.39, 0.29) is 24.0 Å². The lowest BCUT2D eigenvalue weighted by Gasteiger charge is -2.10. The Morgan fingerprint density at radius 1 is 0.794 bits per heavy atom. The molecule has 0 radical (unpaired) electrons. The number of oxazole rings is 2. The Labute approximate surface area is 217 Å². The Morgan fingerprint density at radius 3 is 1.88 bits per heavy atom. The lowest BCUT2D eigenvalue weighted by Crippen LogP contribution is -2.38. The number of aromatic nitrogens is 2. The highest BCUT2D eigenvalue weighted by molar-refractivity contribution is 14.0. The van der Waals surface area contributed by atoms with Crippen molar-refractivity contribution in [2.75, 3.05) is 13.1 Å². The number of aliphatic imine (C=N–C) groups is 1. The molecule has 0 aliphatic carbocycles. The van der Waals surface area contributed by atoms with Gasteiger partial charge in [-0.3, -0.25) is 0 Å². The molecule has 0 saturated heterocycles. The molecule has 34 heavy (non-hydrogen) atoms. The number of halogens is 1. The predicted molar refractivity (Wildman–Crippen MR) is 145 cm³/mol. The minimum absolute atomic E-state index is 0. The first-order chi connectivity index (χ1) is 16.1. The summed E-state index contributed by atoms with van der Waals surface area (Å²) in [5, 5.41) is 6.60. The molecule has 8 heteroatoms. The Morgan fingerprint density at radius 2 is 1.32 bits per heavy atom. The van der Waals surface area contributed by atoms with Gasteiger partial charge in [0.1, 0.15) is 18.2 Å². The average molecular weight is 571 g/mol. The van der Waals surface area contributed by atoms with Crippen LogP contribution in [0.15, 0.2) is 74.9 Å². The first-order valence-electron chi connectivity index (χ1n) is 11.2. The second-order valence-electron chi connectivity index (χ2n) is 7.89. The lowest BCUT2D eigenvalue weighted by molar-refractivity contribution is 0.572. The summed E-state index contributed by atoms with van der Waals surface area (Å²) >= 11 is 0. The van der Waals surface area contributed by atoms with E-state index in [9.17, 15) is 0 Å². The van der Waals surface area contributed by atoms with Gasteiger partial charge in [0, 0.05) is 30.6 Å². The molecule has 0 aliphatic rings. The van der Waals surface area contributed by atoms with E-state index < -0.39 is 0 Å². The third kappa shape index (κ3) is 6.93. The smallest absolute Gasteiger partial charge is 0.226 e. The molecule has 0 saturated carbocycles. The highest BCUT2D eigenvalue weighted by Crippen LogP contribution is 2.20. The molecule has 4 aromatic rings. The largest absolute Gasteiger partial charge is 0.444 e. The molecule has 2 aromatic carbocycles. The first kappa shape index (κ1) is 25.5. The maximum absolute atomic E-state index is 5.64. The molecule has 2 heterocycles. The van der Waals surface area contributed by atoms with E-state index >= 15 is 0 Å². The third-order valence-corrected chi connectivity index (χ3v) is 5.12. The second kappa shape index (κ2) is 12.4. The van der Waals surface area contributed by atoms with Crippen LogP contribution >= 0.6 is 24.0 Å². The molecule has 0 atom stereocenters. The van der Waals surface area contributed by atoms with Crippen LogP contribution in [0.1, 0.15) is 29.4 Å². The molecule has 2 aromatic heterocycles. The minimum atomic E-state index is 0. The van der Waals surface area contributed by atoms with Gasteiger partial charge in [0.25, 0.3) is 0 Å². The molecule has 0 spiro atoms. The van der Waals surface area contributed by atoms with Crippen LogP contribution < -0.4 is 10.6 Å². The summed E-state index contributed by atoms with van der Waals surface area (Å²) in [6.07, 6.45) is 4.09. The summed E-state index contributed by atoms with van der Waals surface area (Å²) in [5.74, 6) is 1.97. The Bertz CT molecular complexity index is 1200. The summed E-state index contributed by atoms with van der Waals surface area (Å²) in [6, 6.07) is 16.3. The summed E-state index contributed by atoms with van der Waals surface area (Å²) in [6.45, 7) is 8.02. The van der Waals surface area contributed by atoms with Crippen molar-refractivity contribution in [1.82, 2.24) is 20.6 Å². The summed E-state index contributed by atoms with van der Waals surface area (Å²) in [5.41, 5.74) is 6.02. The fourth-order valence-electron chi connectivity index (χ4n) is 3.27. The summed E-state index contributed by atoms with van der Waals surface area (Å²) in [4.78, 5) is 13.8. The number of guanidine groups is 1. The first-order valence-corrected chi connectivity index (χ1v) is 11.2. The van der Waals surface area contributed by atoms with Gasteiger partial charge >= 0.3 is 0 Å². The van der Waals surface area contributed by atoms with E-state index in [1.54, 1.807) is 12.5 Å². The van der Waals surface area contributed by atoms with Crippen LogP contribution in [0.25, 0.3) is 22.9 Å². The Balaban J connectivity index is 0.00000324. The number of hydrogen-bond donors (Lipinski definition) is 2. The van der Waals surface area contributed by atoms with Crippen LogP contribution in [0.4, 0.5) is 0 Å². The molecule has 0 aliphatic heterocycles. The van der Waals surface area contributed by atoms with Gasteiger partial charge in [-0.25, -0.2) is 15.0 Å². The highest BCUT2D eigenvalue weighted by atomic mass is 127. The minimum Gasteiger partial charge on any atom is -0.444 e. The molecule has 0 bridgehead atoms. The van der Waals surface area contributed by atoms with E-state index in [1.807, 2.05) is 43.3 Å². The van der Waals surface area contributed by atoms with Crippen molar-refractivity contribution in [1.29, 1.82) is 0 Å². The normalized spacial score (nSPS) is 11.2. The molecule has 0 unspecified atom stereocenters. The van der Waals surface area contributed by atoms with Gasteiger partial charge in [0.15, 0.2) is 5.96 Å². The van der Waals surface area contributed by atoms with Crippen LogP contribution in [0.3, 0.4) is 0 Å². The van der Waals surface area contributed by atoms with Crippen molar-refractivity contribution in [3.8, 4) is 22.9 Å². The van der Waals surface area contributed by atoms with Gasteiger partial charge in [-0.05, 0) is 45.0 Å². The van der Waals surface area contributed by atoms with Gasteiger partial charge in [0.05, 0.1) is 12.2 Å². The van der Waals surface area contributed by atoms with Gasteiger partial charge < -0.3 is 19.5 Å². The SMILES string of the molecule is CCNC(=NCc1coc(-c2ccc(C)cc2)n1)NCCc1coc(-c2ccc(C)cc2)n1.I. The van der Waals surface area contributed by atoms with Gasteiger partial charge in [-0.1, -0.05) is 35.4 Å². The lowest BCUT2D eigenvalue weighted by atomic mass is 10.1. The van der Waals surface area contributed by atoms with Crippen molar-refractivity contribution < 1.29 is 8.83 Å². The molecule has 4 rings (SSSR count). The van der Waals surface area contributed by atoms with E-state index in [0.717, 1.165) is 41.4 Å². The topological polar surface area (TPSA) is 88.5 Å². The van der Waals surface area contributed by atoms with Gasteiger partial charge in [0.2, 0.25) is 11.8 Å². The number of nitrogens with one attached hydrogen (secondary N) is 2. The van der Waals surface area contributed by atoms with Crippen LogP contribution in [0, 0.1) is 13.8 Å². The Kier molecular flexibility index (Phi) is 9.26. The van der Waals surface area contributed by atoms with Crippen molar-refractivity contribution in [3.63, 3.8) is 0 Å². The number of nitrogens with zero attached hydrogens (tertiary/aromatic N) is 3. The number of benzene rings is 2. The van der Waals surface area contributed by atoms with Gasteiger partial charge in [-0.15, -0.1) is 24.0 Å².